The number of nitro benzene ring substituents is 1. The summed E-state index contributed by atoms with van der Waals surface area (Å²) in [5, 5.41) is 13.6. The highest BCUT2D eigenvalue weighted by molar-refractivity contribution is 8.00. The Kier molecular flexibility index (Phi) is 6.09. The lowest BCUT2D eigenvalue weighted by Gasteiger charge is -2.15. The average molecular weight is 452 g/mol. The summed E-state index contributed by atoms with van der Waals surface area (Å²) in [5.41, 5.74) is 1.59. The number of rotatable bonds is 6. The second-order valence-electron chi connectivity index (χ2n) is 7.75. The van der Waals surface area contributed by atoms with Crippen LogP contribution in [0.15, 0.2) is 59.5 Å². The van der Waals surface area contributed by atoms with Gasteiger partial charge in [-0.05, 0) is 49.6 Å². The van der Waals surface area contributed by atoms with Crippen LogP contribution in [0.4, 0.5) is 17.1 Å². The van der Waals surface area contributed by atoms with Crippen LogP contribution >= 0.6 is 11.8 Å². The van der Waals surface area contributed by atoms with Crippen molar-refractivity contribution in [3.8, 4) is 0 Å². The fourth-order valence-electron chi connectivity index (χ4n) is 3.94. The van der Waals surface area contributed by atoms with Crippen molar-refractivity contribution in [1.29, 1.82) is 0 Å². The van der Waals surface area contributed by atoms with E-state index in [1.165, 1.54) is 28.8 Å². The molecule has 1 aliphatic carbocycles. The van der Waals surface area contributed by atoms with E-state index in [4.69, 9.17) is 0 Å². The molecule has 1 saturated heterocycles. The van der Waals surface area contributed by atoms with Crippen molar-refractivity contribution in [2.45, 2.75) is 24.7 Å². The van der Waals surface area contributed by atoms with E-state index in [-0.39, 0.29) is 41.0 Å². The van der Waals surface area contributed by atoms with Gasteiger partial charge in [0.05, 0.1) is 33.9 Å². The van der Waals surface area contributed by atoms with Crippen molar-refractivity contribution in [1.82, 2.24) is 0 Å². The lowest BCUT2D eigenvalue weighted by Crippen LogP contribution is -2.30. The number of non-ortho nitro benzene ring substituents is 1. The number of amides is 3. The van der Waals surface area contributed by atoms with E-state index in [9.17, 15) is 24.5 Å². The van der Waals surface area contributed by atoms with E-state index in [2.05, 4.69) is 5.32 Å². The predicted molar refractivity (Wildman–Crippen MR) is 121 cm³/mol. The molecule has 0 aromatic heterocycles. The maximum absolute atomic E-state index is 12.7. The van der Waals surface area contributed by atoms with Gasteiger partial charge < -0.3 is 5.32 Å². The highest BCUT2D eigenvalue weighted by atomic mass is 32.2. The van der Waals surface area contributed by atoms with Crippen LogP contribution in [0.2, 0.25) is 0 Å². The van der Waals surface area contributed by atoms with Crippen LogP contribution in [-0.4, -0.2) is 28.4 Å². The Morgan fingerprint density at radius 1 is 1.09 bits per heavy atom. The Bertz CT molecular complexity index is 1100. The van der Waals surface area contributed by atoms with Gasteiger partial charge in [0, 0.05) is 17.0 Å². The Morgan fingerprint density at radius 2 is 1.72 bits per heavy atom. The van der Waals surface area contributed by atoms with Gasteiger partial charge in [0.15, 0.2) is 0 Å². The predicted octanol–water partition coefficient (Wildman–Crippen LogP) is 4.09. The van der Waals surface area contributed by atoms with Gasteiger partial charge in [0.1, 0.15) is 0 Å². The van der Waals surface area contributed by atoms with Gasteiger partial charge in [-0.2, -0.15) is 0 Å². The zero-order valence-corrected chi connectivity index (χ0v) is 18.1. The lowest BCUT2D eigenvalue weighted by atomic mass is 9.85. The average Bonchev–Trinajstić information content (AvgIpc) is 3.04. The Balaban J connectivity index is 1.37. The number of carbonyl (C=O) groups excluding carboxylic acids is 3. The van der Waals surface area contributed by atoms with Crippen molar-refractivity contribution in [2.24, 2.45) is 11.8 Å². The fraction of sp³-hybridized carbons (Fsp3) is 0.261. The summed E-state index contributed by atoms with van der Waals surface area (Å²) in [6.45, 7) is 1.76. The summed E-state index contributed by atoms with van der Waals surface area (Å²) in [5.74, 6) is -1.04. The van der Waals surface area contributed by atoms with E-state index in [1.807, 2.05) is 12.2 Å². The van der Waals surface area contributed by atoms with Gasteiger partial charge in [-0.15, -0.1) is 11.8 Å². The Morgan fingerprint density at radius 3 is 2.31 bits per heavy atom. The molecular formula is C23H21N3O5S. The number of fused-ring (bicyclic) bond motifs is 1. The molecular weight excluding hydrogens is 430 g/mol. The first-order chi connectivity index (χ1) is 15.3. The molecule has 9 heteroatoms. The second kappa shape index (κ2) is 8.96. The highest BCUT2D eigenvalue weighted by Crippen LogP contribution is 2.38. The molecule has 1 fully saturated rings. The zero-order chi connectivity index (χ0) is 22.8. The summed E-state index contributed by atoms with van der Waals surface area (Å²) >= 11 is 1.29. The molecule has 164 valence electrons. The normalized spacial score (nSPS) is 19.7. The molecule has 2 aromatic carbocycles. The van der Waals surface area contributed by atoms with Crippen molar-refractivity contribution < 1.29 is 19.3 Å². The number of allylic oxidation sites excluding steroid dienone is 2. The van der Waals surface area contributed by atoms with Crippen molar-refractivity contribution >= 4 is 46.5 Å². The molecule has 2 aromatic rings. The zero-order valence-electron chi connectivity index (χ0n) is 17.3. The number of thioether (sulfide) groups is 1. The number of nitrogens with zero attached hydrogens (tertiary/aromatic N) is 2. The molecule has 0 saturated carbocycles. The second-order valence-corrected chi connectivity index (χ2v) is 8.80. The molecule has 2 aliphatic rings. The smallest absolute Gasteiger partial charge is 0.271 e. The molecule has 3 amide bonds. The van der Waals surface area contributed by atoms with Crippen LogP contribution in [0.5, 0.6) is 0 Å². The van der Waals surface area contributed by atoms with Gasteiger partial charge >= 0.3 is 0 Å². The molecule has 0 radical (unpaired) electrons. The maximum Gasteiger partial charge on any atom is 0.271 e. The van der Waals surface area contributed by atoms with Crippen LogP contribution in [0.3, 0.4) is 0 Å². The highest BCUT2D eigenvalue weighted by Gasteiger charge is 2.47. The van der Waals surface area contributed by atoms with Crippen molar-refractivity contribution in [3.05, 3.63) is 70.3 Å². The topological polar surface area (TPSA) is 110 Å². The van der Waals surface area contributed by atoms with Crippen LogP contribution in [0, 0.1) is 28.9 Å². The summed E-state index contributed by atoms with van der Waals surface area (Å²) in [7, 11) is 0. The van der Waals surface area contributed by atoms with Gasteiger partial charge in [0.25, 0.3) is 5.69 Å². The number of carbonyl (C=O) groups is 3. The molecule has 0 bridgehead atoms. The summed E-state index contributed by atoms with van der Waals surface area (Å²) in [4.78, 5) is 50.2. The first kappa shape index (κ1) is 21.8. The molecule has 0 spiro atoms. The van der Waals surface area contributed by atoms with E-state index in [0.717, 1.165) is 10.5 Å². The van der Waals surface area contributed by atoms with E-state index < -0.39 is 4.92 Å². The molecule has 1 heterocycles. The standard InChI is InChI=1S/C23H21N3O5S/c1-14-6-7-16(26(30)31)12-20(14)24-21(27)13-32-17-10-8-15(9-11-17)25-22(28)18-4-2-3-5-19(18)23(25)29/h2-3,6-12,18-19H,4-5,13H2,1H3,(H,24,27)/t18-,19-/m1/s1. The molecule has 4 rings (SSSR count). The maximum atomic E-state index is 12.7. The van der Waals surface area contributed by atoms with E-state index in [0.29, 0.717) is 24.2 Å². The molecule has 1 aliphatic heterocycles. The number of benzene rings is 2. The fourth-order valence-corrected chi connectivity index (χ4v) is 4.64. The number of nitro groups is 1. The first-order valence-corrected chi connectivity index (χ1v) is 11.1. The minimum atomic E-state index is -0.507. The third-order valence-electron chi connectivity index (χ3n) is 5.68. The van der Waals surface area contributed by atoms with Crippen LogP contribution in [0.25, 0.3) is 0 Å². The number of anilines is 2. The minimum absolute atomic E-state index is 0.0872. The van der Waals surface area contributed by atoms with E-state index in [1.54, 1.807) is 37.3 Å². The first-order valence-electron chi connectivity index (χ1n) is 10.2. The Hall–Kier alpha value is -3.46. The van der Waals surface area contributed by atoms with Crippen LogP contribution < -0.4 is 10.2 Å². The monoisotopic (exact) mass is 451 g/mol. The van der Waals surface area contributed by atoms with Gasteiger partial charge in [0.2, 0.25) is 17.7 Å². The van der Waals surface area contributed by atoms with Gasteiger partial charge in [-0.3, -0.25) is 29.4 Å². The largest absolute Gasteiger partial charge is 0.325 e. The number of hydrogen-bond donors (Lipinski definition) is 1. The van der Waals surface area contributed by atoms with Crippen molar-refractivity contribution in [2.75, 3.05) is 16.0 Å². The summed E-state index contributed by atoms with van der Waals surface area (Å²) in [6, 6.07) is 11.3. The number of hydrogen-bond acceptors (Lipinski definition) is 6. The lowest BCUT2D eigenvalue weighted by molar-refractivity contribution is -0.384. The number of imide groups is 1. The molecule has 8 nitrogen and oxygen atoms in total. The summed E-state index contributed by atoms with van der Waals surface area (Å²) < 4.78 is 0. The summed E-state index contributed by atoms with van der Waals surface area (Å²) in [6.07, 6.45) is 5.10. The third-order valence-corrected chi connectivity index (χ3v) is 6.69. The molecule has 2 atom stereocenters. The number of aryl methyl sites for hydroxylation is 1. The van der Waals surface area contributed by atoms with E-state index >= 15 is 0 Å². The van der Waals surface area contributed by atoms with Crippen molar-refractivity contribution in [3.63, 3.8) is 0 Å². The SMILES string of the molecule is Cc1ccc([N+](=O)[O-])cc1NC(=O)CSc1ccc(N2C(=O)[C@@H]3CC=CC[C@H]3C2=O)cc1. The van der Waals surface area contributed by atoms with Crippen LogP contribution in [-0.2, 0) is 14.4 Å². The molecule has 32 heavy (non-hydrogen) atoms. The van der Waals surface area contributed by atoms with Gasteiger partial charge in [-0.25, -0.2) is 0 Å². The van der Waals surface area contributed by atoms with Gasteiger partial charge in [-0.1, -0.05) is 18.2 Å². The molecule has 1 N–H and O–H groups in total. The molecule has 0 unspecified atom stereocenters. The Labute approximate surface area is 188 Å². The minimum Gasteiger partial charge on any atom is -0.325 e. The van der Waals surface area contributed by atoms with Crippen LogP contribution in [0.1, 0.15) is 18.4 Å². The third kappa shape index (κ3) is 4.29. The quantitative estimate of drug-likeness (QED) is 0.233. The number of nitrogens with one attached hydrogen (secondary N) is 1.